The summed E-state index contributed by atoms with van der Waals surface area (Å²) in [4.78, 5) is 19.5. The van der Waals surface area contributed by atoms with Crippen molar-refractivity contribution in [1.82, 2.24) is 9.47 Å². The van der Waals surface area contributed by atoms with Gasteiger partial charge in [-0.05, 0) is 54.4 Å². The number of amides is 1. The van der Waals surface area contributed by atoms with Crippen molar-refractivity contribution in [2.45, 2.75) is 38.1 Å². The summed E-state index contributed by atoms with van der Waals surface area (Å²) < 4.78 is 2.32. The summed E-state index contributed by atoms with van der Waals surface area (Å²) >= 11 is 1.44. The Morgan fingerprint density at radius 1 is 1.12 bits per heavy atom. The molecule has 2 heterocycles. The van der Waals surface area contributed by atoms with Crippen LogP contribution in [0.2, 0.25) is 0 Å². The number of likely N-dealkylation sites (N-methyl/N-ethyl adjacent to an activating group) is 1. The number of thioether (sulfide) groups is 1. The number of hydrogen-bond acceptors (Lipinski definition) is 3. The van der Waals surface area contributed by atoms with E-state index in [-0.39, 0.29) is 5.91 Å². The van der Waals surface area contributed by atoms with Crippen LogP contribution in [0.5, 0.6) is 0 Å². The van der Waals surface area contributed by atoms with Gasteiger partial charge in [0.15, 0.2) is 5.17 Å². The number of nitrogens with zero attached hydrogens (tertiary/aromatic N) is 3. The Labute approximate surface area is 158 Å². The fourth-order valence-corrected chi connectivity index (χ4v) is 4.52. The lowest BCUT2D eigenvalue weighted by Gasteiger charge is -2.23. The average molecular weight is 366 g/mol. The Morgan fingerprint density at radius 2 is 1.88 bits per heavy atom. The van der Waals surface area contributed by atoms with Gasteiger partial charge in [0.05, 0.1) is 10.6 Å². The van der Waals surface area contributed by atoms with Crippen LogP contribution in [-0.4, -0.2) is 27.6 Å². The molecule has 134 valence electrons. The zero-order valence-corrected chi connectivity index (χ0v) is 15.8. The molecule has 1 saturated carbocycles. The monoisotopic (exact) mass is 365 g/mol. The number of aromatic nitrogens is 1. The highest BCUT2D eigenvalue weighted by Gasteiger charge is 2.30. The third kappa shape index (κ3) is 3.63. The molecular weight excluding hydrogens is 342 g/mol. The van der Waals surface area contributed by atoms with E-state index in [1.165, 1.54) is 43.9 Å². The molecule has 5 heteroatoms. The first kappa shape index (κ1) is 17.2. The Bertz CT molecular complexity index is 847. The van der Waals surface area contributed by atoms with Crippen LogP contribution in [0.15, 0.2) is 58.7 Å². The summed E-state index contributed by atoms with van der Waals surface area (Å²) in [5.74, 6) is 0.00935. The van der Waals surface area contributed by atoms with Crippen molar-refractivity contribution in [1.29, 1.82) is 0 Å². The summed E-state index contributed by atoms with van der Waals surface area (Å²) in [5, 5.41) is 0.721. The van der Waals surface area contributed by atoms with Gasteiger partial charge >= 0.3 is 0 Å². The van der Waals surface area contributed by atoms with Crippen LogP contribution in [0, 0.1) is 0 Å². The third-order valence-corrected chi connectivity index (χ3v) is 6.08. The van der Waals surface area contributed by atoms with Gasteiger partial charge < -0.3 is 4.57 Å². The van der Waals surface area contributed by atoms with Gasteiger partial charge in [0.1, 0.15) is 0 Å². The molecule has 1 aliphatic heterocycles. The predicted octanol–water partition coefficient (Wildman–Crippen LogP) is 5.23. The standard InChI is InChI=1S/C21H23N3OS/c1-23-20(25)19(26-21(23)22-17-8-4-2-5-9-17)14-16-12-13-24(15-16)18-10-6-3-7-11-18/h2,4-5,8-9,12-15,18H,3,6-7,10-11H2,1H3/b19-14+,22-21?. The Balaban J connectivity index is 1.53. The number of benzene rings is 1. The molecule has 4 rings (SSSR count). The predicted molar refractivity (Wildman–Crippen MR) is 108 cm³/mol. The van der Waals surface area contributed by atoms with E-state index in [1.54, 1.807) is 11.9 Å². The maximum Gasteiger partial charge on any atom is 0.266 e. The molecule has 0 radical (unpaired) electrons. The van der Waals surface area contributed by atoms with Gasteiger partial charge in [-0.3, -0.25) is 9.69 Å². The molecule has 0 N–H and O–H groups in total. The van der Waals surface area contributed by atoms with Crippen molar-refractivity contribution in [3.8, 4) is 0 Å². The molecule has 1 aromatic heterocycles. The Morgan fingerprint density at radius 3 is 2.65 bits per heavy atom. The first-order valence-corrected chi connectivity index (χ1v) is 10.0. The number of rotatable bonds is 3. The van der Waals surface area contributed by atoms with Gasteiger partial charge in [0, 0.05) is 25.5 Å². The van der Waals surface area contributed by atoms with Gasteiger partial charge in [0.2, 0.25) is 0 Å². The second-order valence-electron chi connectivity index (χ2n) is 6.89. The second kappa shape index (κ2) is 7.54. The molecule has 4 nitrogen and oxygen atoms in total. The van der Waals surface area contributed by atoms with Crippen LogP contribution in [0.1, 0.15) is 43.7 Å². The Hall–Kier alpha value is -2.27. The van der Waals surface area contributed by atoms with E-state index in [0.717, 1.165) is 21.3 Å². The molecule has 2 fully saturated rings. The lowest BCUT2D eigenvalue weighted by molar-refractivity contribution is -0.121. The van der Waals surface area contributed by atoms with Crippen LogP contribution in [0.25, 0.3) is 6.08 Å². The first-order valence-electron chi connectivity index (χ1n) is 9.19. The van der Waals surface area contributed by atoms with Crippen LogP contribution >= 0.6 is 11.8 Å². The molecule has 26 heavy (non-hydrogen) atoms. The van der Waals surface area contributed by atoms with Crippen molar-refractivity contribution >= 4 is 34.6 Å². The molecule has 0 bridgehead atoms. The van der Waals surface area contributed by atoms with Crippen molar-refractivity contribution in [3.05, 3.63) is 59.3 Å². The summed E-state index contributed by atoms with van der Waals surface area (Å²) in [6.45, 7) is 0. The van der Waals surface area contributed by atoms with E-state index < -0.39 is 0 Å². The van der Waals surface area contributed by atoms with E-state index >= 15 is 0 Å². The molecule has 0 unspecified atom stereocenters. The molecule has 2 aliphatic rings. The number of para-hydroxylation sites is 1. The van der Waals surface area contributed by atoms with E-state index in [9.17, 15) is 4.79 Å². The normalized spacial score (nSPS) is 21.9. The smallest absolute Gasteiger partial charge is 0.266 e. The van der Waals surface area contributed by atoms with Crippen LogP contribution in [0.3, 0.4) is 0 Å². The molecule has 0 spiro atoms. The molecule has 1 amide bonds. The quantitative estimate of drug-likeness (QED) is 0.699. The highest BCUT2D eigenvalue weighted by atomic mass is 32.2. The van der Waals surface area contributed by atoms with E-state index in [0.29, 0.717) is 6.04 Å². The third-order valence-electron chi connectivity index (χ3n) is 5.02. The lowest BCUT2D eigenvalue weighted by atomic mass is 9.95. The van der Waals surface area contributed by atoms with Crippen LogP contribution < -0.4 is 0 Å². The molecule has 2 aromatic rings. The minimum Gasteiger partial charge on any atom is -0.351 e. The lowest BCUT2D eigenvalue weighted by Crippen LogP contribution is -2.23. The van der Waals surface area contributed by atoms with E-state index in [4.69, 9.17) is 0 Å². The highest BCUT2D eigenvalue weighted by molar-refractivity contribution is 8.18. The second-order valence-corrected chi connectivity index (χ2v) is 7.90. The van der Waals surface area contributed by atoms with Crippen LogP contribution in [0.4, 0.5) is 5.69 Å². The largest absolute Gasteiger partial charge is 0.351 e. The summed E-state index contributed by atoms with van der Waals surface area (Å²) in [6, 6.07) is 12.5. The maximum absolute atomic E-state index is 12.6. The molecule has 0 atom stereocenters. The minimum absolute atomic E-state index is 0.00935. The molecule has 1 aliphatic carbocycles. The Kier molecular flexibility index (Phi) is 4.98. The topological polar surface area (TPSA) is 37.6 Å². The van der Waals surface area contributed by atoms with Crippen molar-refractivity contribution < 1.29 is 4.79 Å². The molecule has 1 saturated heterocycles. The zero-order chi connectivity index (χ0) is 17.9. The molecule has 1 aromatic carbocycles. The number of aliphatic imine (C=N–C) groups is 1. The maximum atomic E-state index is 12.6. The van der Waals surface area contributed by atoms with Gasteiger partial charge in [0.25, 0.3) is 5.91 Å². The average Bonchev–Trinajstić information content (AvgIpc) is 3.25. The summed E-state index contributed by atoms with van der Waals surface area (Å²) in [5.41, 5.74) is 1.94. The van der Waals surface area contributed by atoms with Gasteiger partial charge in [-0.1, -0.05) is 37.5 Å². The van der Waals surface area contributed by atoms with Gasteiger partial charge in [-0.15, -0.1) is 0 Å². The highest BCUT2D eigenvalue weighted by Crippen LogP contribution is 2.34. The van der Waals surface area contributed by atoms with Crippen molar-refractivity contribution in [3.63, 3.8) is 0 Å². The first-order chi connectivity index (χ1) is 12.7. The summed E-state index contributed by atoms with van der Waals surface area (Å²) in [6.07, 6.45) is 12.8. The summed E-state index contributed by atoms with van der Waals surface area (Å²) in [7, 11) is 1.78. The number of carbonyl (C=O) groups excluding carboxylic acids is 1. The fraction of sp³-hybridized carbons (Fsp3) is 0.333. The van der Waals surface area contributed by atoms with Crippen LogP contribution in [-0.2, 0) is 4.79 Å². The SMILES string of the molecule is CN1C(=O)/C(=C\c2ccn(C3CCCCC3)c2)SC1=Nc1ccccc1. The number of carbonyl (C=O) groups is 1. The van der Waals surface area contributed by atoms with E-state index in [2.05, 4.69) is 28.0 Å². The zero-order valence-electron chi connectivity index (χ0n) is 15.0. The number of hydrogen-bond donors (Lipinski definition) is 0. The van der Waals surface area contributed by atoms with E-state index in [1.807, 2.05) is 36.4 Å². The van der Waals surface area contributed by atoms with Gasteiger partial charge in [-0.2, -0.15) is 0 Å². The number of amidine groups is 1. The molecular formula is C21H23N3OS. The van der Waals surface area contributed by atoms with Crippen molar-refractivity contribution in [2.24, 2.45) is 4.99 Å². The fourth-order valence-electron chi connectivity index (χ4n) is 3.54. The van der Waals surface area contributed by atoms with Crippen molar-refractivity contribution in [2.75, 3.05) is 7.05 Å². The van der Waals surface area contributed by atoms with Gasteiger partial charge in [-0.25, -0.2) is 4.99 Å². The minimum atomic E-state index is 0.00935.